The number of hydrogen-bond acceptors (Lipinski definition) is 1. The molecule has 1 heteroatoms. The molecule has 1 fully saturated rings. The molecule has 0 amide bonds. The highest BCUT2D eigenvalue weighted by Crippen LogP contribution is 2.33. The largest absolute Gasteiger partial charge is 0.295 e. The van der Waals surface area contributed by atoms with Crippen molar-refractivity contribution in [3.05, 3.63) is 11.6 Å². The predicted molar refractivity (Wildman–Crippen MR) is 55.6 cm³/mol. The molecule has 0 aliphatic heterocycles. The van der Waals surface area contributed by atoms with Gasteiger partial charge in [0.25, 0.3) is 0 Å². The summed E-state index contributed by atoms with van der Waals surface area (Å²) in [5.41, 5.74) is 1.13. The molecule has 13 heavy (non-hydrogen) atoms. The molecular formula is C12H20O. The summed E-state index contributed by atoms with van der Waals surface area (Å²) in [6, 6.07) is 0. The molecule has 0 heterocycles. The summed E-state index contributed by atoms with van der Waals surface area (Å²) in [5.74, 6) is 1.50. The number of hydrogen-bond donors (Lipinski definition) is 0. The van der Waals surface area contributed by atoms with E-state index in [-0.39, 0.29) is 0 Å². The van der Waals surface area contributed by atoms with Crippen LogP contribution in [0.25, 0.3) is 0 Å². The first-order valence-electron chi connectivity index (χ1n) is 5.32. The predicted octanol–water partition coefficient (Wildman–Crippen LogP) is 3.35. The average Bonchev–Trinajstić information content (AvgIpc) is 2.50. The summed E-state index contributed by atoms with van der Waals surface area (Å²) in [4.78, 5) is 11.6. The van der Waals surface area contributed by atoms with E-state index in [4.69, 9.17) is 0 Å². The zero-order valence-electron chi connectivity index (χ0n) is 8.97. The number of rotatable bonds is 3. The summed E-state index contributed by atoms with van der Waals surface area (Å²) in [6.45, 7) is 6.20. The van der Waals surface area contributed by atoms with Gasteiger partial charge in [0, 0.05) is 5.92 Å². The number of carbonyl (C=O) groups is 1. The smallest absolute Gasteiger partial charge is 0.158 e. The fraction of sp³-hybridized carbons (Fsp3) is 0.750. The summed E-state index contributed by atoms with van der Waals surface area (Å²) in [7, 11) is 0. The SMILES string of the molecule is CCC1CCC(C(=O)C=C(C)C)C1. The lowest BCUT2D eigenvalue weighted by molar-refractivity contribution is -0.118. The van der Waals surface area contributed by atoms with E-state index < -0.39 is 0 Å². The van der Waals surface area contributed by atoms with Gasteiger partial charge in [0.2, 0.25) is 0 Å². The lowest BCUT2D eigenvalue weighted by atomic mass is 9.98. The third-order valence-corrected chi connectivity index (χ3v) is 2.95. The van der Waals surface area contributed by atoms with Crippen LogP contribution in [0.1, 0.15) is 46.5 Å². The highest BCUT2D eigenvalue weighted by molar-refractivity contribution is 5.92. The van der Waals surface area contributed by atoms with Gasteiger partial charge in [-0.25, -0.2) is 0 Å². The minimum Gasteiger partial charge on any atom is -0.295 e. The highest BCUT2D eigenvalue weighted by Gasteiger charge is 2.27. The van der Waals surface area contributed by atoms with Gasteiger partial charge in [-0.15, -0.1) is 0 Å². The van der Waals surface area contributed by atoms with Gasteiger partial charge in [0.05, 0.1) is 0 Å². The Morgan fingerprint density at radius 1 is 1.38 bits per heavy atom. The van der Waals surface area contributed by atoms with Gasteiger partial charge in [-0.2, -0.15) is 0 Å². The molecule has 1 rings (SSSR count). The summed E-state index contributed by atoms with van der Waals surface area (Å²) in [5, 5.41) is 0. The highest BCUT2D eigenvalue weighted by atomic mass is 16.1. The molecule has 0 aromatic heterocycles. The molecule has 0 radical (unpaired) electrons. The van der Waals surface area contributed by atoms with Crippen molar-refractivity contribution in [1.82, 2.24) is 0 Å². The Labute approximate surface area is 81.2 Å². The van der Waals surface area contributed by atoms with Gasteiger partial charge in [0.1, 0.15) is 0 Å². The second kappa shape index (κ2) is 4.59. The maximum Gasteiger partial charge on any atom is 0.158 e. The maximum absolute atomic E-state index is 11.6. The molecule has 74 valence electrons. The molecule has 1 aliphatic rings. The zero-order valence-corrected chi connectivity index (χ0v) is 8.97. The quantitative estimate of drug-likeness (QED) is 0.609. The standard InChI is InChI=1S/C12H20O/c1-4-10-5-6-11(8-10)12(13)7-9(2)3/h7,10-11H,4-6,8H2,1-3H3. The molecule has 1 aliphatic carbocycles. The fourth-order valence-corrected chi connectivity index (χ4v) is 2.11. The number of ketones is 1. The minimum atomic E-state index is 0.333. The molecule has 0 bridgehead atoms. The van der Waals surface area contributed by atoms with E-state index in [1.54, 1.807) is 0 Å². The molecule has 0 N–H and O–H groups in total. The Bertz CT molecular complexity index is 211. The van der Waals surface area contributed by atoms with Gasteiger partial charge in [-0.3, -0.25) is 4.79 Å². The third kappa shape index (κ3) is 2.98. The molecule has 0 saturated heterocycles. The second-order valence-electron chi connectivity index (χ2n) is 4.41. The Hall–Kier alpha value is -0.590. The first-order chi connectivity index (χ1) is 6.13. The third-order valence-electron chi connectivity index (χ3n) is 2.95. The van der Waals surface area contributed by atoms with Crippen molar-refractivity contribution in [3.63, 3.8) is 0 Å². The summed E-state index contributed by atoms with van der Waals surface area (Å²) in [6.07, 6.45) is 6.53. The summed E-state index contributed by atoms with van der Waals surface area (Å²) < 4.78 is 0. The first kappa shape index (κ1) is 10.5. The Kier molecular flexibility index (Phi) is 3.71. The van der Waals surface area contributed by atoms with Crippen molar-refractivity contribution in [2.75, 3.05) is 0 Å². The van der Waals surface area contributed by atoms with Crippen LogP contribution < -0.4 is 0 Å². The summed E-state index contributed by atoms with van der Waals surface area (Å²) >= 11 is 0. The van der Waals surface area contributed by atoms with E-state index in [0.717, 1.165) is 24.3 Å². The van der Waals surface area contributed by atoms with E-state index in [1.165, 1.54) is 12.8 Å². The van der Waals surface area contributed by atoms with Crippen LogP contribution in [0, 0.1) is 11.8 Å². The monoisotopic (exact) mass is 180 g/mol. The van der Waals surface area contributed by atoms with Gasteiger partial charge < -0.3 is 0 Å². The van der Waals surface area contributed by atoms with Crippen LogP contribution in [0.15, 0.2) is 11.6 Å². The molecule has 0 spiro atoms. The van der Waals surface area contributed by atoms with Crippen LogP contribution in [-0.2, 0) is 4.79 Å². The van der Waals surface area contributed by atoms with E-state index in [0.29, 0.717) is 11.7 Å². The Morgan fingerprint density at radius 2 is 2.08 bits per heavy atom. The average molecular weight is 180 g/mol. The molecule has 2 unspecified atom stereocenters. The van der Waals surface area contributed by atoms with Crippen LogP contribution in [0.5, 0.6) is 0 Å². The van der Waals surface area contributed by atoms with Crippen LogP contribution in [0.2, 0.25) is 0 Å². The Morgan fingerprint density at radius 3 is 2.54 bits per heavy atom. The van der Waals surface area contributed by atoms with Crippen molar-refractivity contribution in [3.8, 4) is 0 Å². The molecule has 0 aromatic carbocycles. The van der Waals surface area contributed by atoms with Crippen LogP contribution in [-0.4, -0.2) is 5.78 Å². The maximum atomic E-state index is 11.6. The molecular weight excluding hydrogens is 160 g/mol. The molecule has 2 atom stereocenters. The van der Waals surface area contributed by atoms with E-state index in [9.17, 15) is 4.79 Å². The number of carbonyl (C=O) groups excluding carboxylic acids is 1. The van der Waals surface area contributed by atoms with Crippen molar-refractivity contribution < 1.29 is 4.79 Å². The molecule has 0 aromatic rings. The van der Waals surface area contributed by atoms with Gasteiger partial charge in [0.15, 0.2) is 5.78 Å². The van der Waals surface area contributed by atoms with Gasteiger partial charge in [-0.05, 0) is 45.1 Å². The van der Waals surface area contributed by atoms with Crippen LogP contribution in [0.3, 0.4) is 0 Å². The Balaban J connectivity index is 2.47. The normalized spacial score (nSPS) is 27.3. The first-order valence-corrected chi connectivity index (χ1v) is 5.32. The second-order valence-corrected chi connectivity index (χ2v) is 4.41. The van der Waals surface area contributed by atoms with Crippen LogP contribution >= 0.6 is 0 Å². The lowest BCUT2D eigenvalue weighted by Gasteiger charge is -2.06. The van der Waals surface area contributed by atoms with E-state index in [2.05, 4.69) is 6.92 Å². The van der Waals surface area contributed by atoms with Gasteiger partial charge >= 0.3 is 0 Å². The van der Waals surface area contributed by atoms with Crippen molar-refractivity contribution in [1.29, 1.82) is 0 Å². The topological polar surface area (TPSA) is 17.1 Å². The molecule has 1 nitrogen and oxygen atoms in total. The lowest BCUT2D eigenvalue weighted by Crippen LogP contribution is -2.08. The number of allylic oxidation sites excluding steroid dienone is 2. The minimum absolute atomic E-state index is 0.333. The zero-order chi connectivity index (χ0) is 9.84. The van der Waals surface area contributed by atoms with Crippen molar-refractivity contribution in [2.45, 2.75) is 46.5 Å². The van der Waals surface area contributed by atoms with E-state index >= 15 is 0 Å². The van der Waals surface area contributed by atoms with Crippen LogP contribution in [0.4, 0.5) is 0 Å². The van der Waals surface area contributed by atoms with Crippen molar-refractivity contribution in [2.24, 2.45) is 11.8 Å². The van der Waals surface area contributed by atoms with E-state index in [1.807, 2.05) is 19.9 Å². The fourth-order valence-electron chi connectivity index (χ4n) is 2.11. The van der Waals surface area contributed by atoms with Gasteiger partial charge in [-0.1, -0.05) is 18.9 Å². The van der Waals surface area contributed by atoms with Crippen molar-refractivity contribution >= 4 is 5.78 Å². The molecule has 1 saturated carbocycles.